The molecule has 5 nitrogen and oxygen atoms in total. The fourth-order valence-corrected chi connectivity index (χ4v) is 3.36. The topological polar surface area (TPSA) is 45.7 Å². The summed E-state index contributed by atoms with van der Waals surface area (Å²) in [5.74, 6) is 0.217. The van der Waals surface area contributed by atoms with E-state index >= 15 is 0 Å². The molecule has 3 rings (SSSR count). The minimum atomic E-state index is 0.217. The van der Waals surface area contributed by atoms with E-state index in [4.69, 9.17) is 16.3 Å². The fraction of sp³-hybridized carbons (Fsp3) is 0.647. The molecule has 0 spiro atoms. The standard InChI is InChI=1S/C17H24ClN3O2/c18-14-5-6-15(19-10-14)11-20(12-16-4-3-9-23-16)13-17(22)21-7-1-2-8-21/h5-6,10,16H,1-4,7-9,11-13H2/t16-/m0/s1. The first-order valence-electron chi connectivity index (χ1n) is 8.43. The van der Waals surface area contributed by atoms with Crippen LogP contribution in [0.4, 0.5) is 0 Å². The van der Waals surface area contributed by atoms with Gasteiger partial charge in [0, 0.05) is 39.0 Å². The molecule has 1 aromatic rings. The SMILES string of the molecule is O=C(CN(Cc1ccc(Cl)cn1)C[C@@H]1CCCO1)N1CCCC1. The number of aromatic nitrogens is 1. The first kappa shape index (κ1) is 16.7. The fourth-order valence-electron chi connectivity index (χ4n) is 3.25. The zero-order valence-electron chi connectivity index (χ0n) is 13.4. The number of pyridine rings is 1. The summed E-state index contributed by atoms with van der Waals surface area (Å²) in [6.45, 7) is 4.49. The summed E-state index contributed by atoms with van der Waals surface area (Å²) in [7, 11) is 0. The van der Waals surface area contributed by atoms with Crippen LogP contribution in [-0.4, -0.2) is 59.6 Å². The number of nitrogens with zero attached hydrogens (tertiary/aromatic N) is 3. The molecule has 6 heteroatoms. The maximum Gasteiger partial charge on any atom is 0.236 e. The number of hydrogen-bond donors (Lipinski definition) is 0. The van der Waals surface area contributed by atoms with Crippen LogP contribution in [-0.2, 0) is 16.1 Å². The minimum absolute atomic E-state index is 0.217. The molecule has 2 fully saturated rings. The molecule has 1 atom stereocenters. The van der Waals surface area contributed by atoms with Gasteiger partial charge in [0.25, 0.3) is 0 Å². The number of carbonyl (C=O) groups excluding carboxylic acids is 1. The third-order valence-electron chi connectivity index (χ3n) is 4.48. The number of amides is 1. The summed E-state index contributed by atoms with van der Waals surface area (Å²) in [6.07, 6.45) is 6.31. The monoisotopic (exact) mass is 337 g/mol. The van der Waals surface area contributed by atoms with E-state index in [0.29, 0.717) is 18.1 Å². The summed E-state index contributed by atoms with van der Waals surface area (Å²) in [5.41, 5.74) is 0.932. The second-order valence-corrected chi connectivity index (χ2v) is 6.80. The molecule has 0 N–H and O–H groups in total. The second kappa shape index (κ2) is 8.08. The molecule has 23 heavy (non-hydrogen) atoms. The Morgan fingerprint density at radius 3 is 2.83 bits per heavy atom. The number of halogens is 1. The molecule has 2 saturated heterocycles. The number of ether oxygens (including phenoxy) is 1. The molecular weight excluding hydrogens is 314 g/mol. The van der Waals surface area contributed by atoms with Crippen molar-refractivity contribution < 1.29 is 9.53 Å². The number of likely N-dealkylation sites (tertiary alicyclic amines) is 1. The van der Waals surface area contributed by atoms with Crippen molar-refractivity contribution in [2.45, 2.75) is 38.3 Å². The lowest BCUT2D eigenvalue weighted by atomic mass is 10.2. The van der Waals surface area contributed by atoms with E-state index < -0.39 is 0 Å². The van der Waals surface area contributed by atoms with Crippen molar-refractivity contribution in [2.75, 3.05) is 32.8 Å². The third kappa shape index (κ3) is 4.90. The van der Waals surface area contributed by atoms with E-state index in [1.807, 2.05) is 17.0 Å². The van der Waals surface area contributed by atoms with Crippen LogP contribution >= 0.6 is 11.6 Å². The van der Waals surface area contributed by atoms with Gasteiger partial charge in [-0.15, -0.1) is 0 Å². The normalized spacial score (nSPS) is 21.3. The van der Waals surface area contributed by atoms with Gasteiger partial charge in [-0.1, -0.05) is 11.6 Å². The van der Waals surface area contributed by atoms with Gasteiger partial charge in [-0.05, 0) is 37.8 Å². The summed E-state index contributed by atoms with van der Waals surface area (Å²) < 4.78 is 5.74. The van der Waals surface area contributed by atoms with Crippen molar-refractivity contribution in [2.24, 2.45) is 0 Å². The van der Waals surface area contributed by atoms with Crippen LogP contribution in [0.2, 0.25) is 5.02 Å². The van der Waals surface area contributed by atoms with Crippen molar-refractivity contribution in [1.82, 2.24) is 14.8 Å². The molecule has 0 aliphatic carbocycles. The van der Waals surface area contributed by atoms with Crippen LogP contribution in [0.3, 0.4) is 0 Å². The molecule has 0 saturated carbocycles. The highest BCUT2D eigenvalue weighted by Gasteiger charge is 2.24. The van der Waals surface area contributed by atoms with E-state index in [1.54, 1.807) is 6.20 Å². The van der Waals surface area contributed by atoms with Crippen molar-refractivity contribution in [3.63, 3.8) is 0 Å². The average Bonchev–Trinajstić information content (AvgIpc) is 3.22. The molecule has 1 aromatic heterocycles. The minimum Gasteiger partial charge on any atom is -0.377 e. The van der Waals surface area contributed by atoms with E-state index in [9.17, 15) is 4.79 Å². The molecular formula is C17H24ClN3O2. The molecule has 0 aromatic carbocycles. The molecule has 126 valence electrons. The van der Waals surface area contributed by atoms with Gasteiger partial charge in [0.15, 0.2) is 0 Å². The van der Waals surface area contributed by atoms with E-state index in [1.165, 1.54) is 0 Å². The third-order valence-corrected chi connectivity index (χ3v) is 4.70. The summed E-state index contributed by atoms with van der Waals surface area (Å²) in [4.78, 5) is 21.0. The average molecular weight is 338 g/mol. The molecule has 1 amide bonds. The Morgan fingerprint density at radius 1 is 1.35 bits per heavy atom. The van der Waals surface area contributed by atoms with E-state index in [0.717, 1.165) is 57.6 Å². The number of carbonyl (C=O) groups is 1. The van der Waals surface area contributed by atoms with Crippen molar-refractivity contribution >= 4 is 17.5 Å². The Bertz CT molecular complexity index is 511. The first-order valence-corrected chi connectivity index (χ1v) is 8.80. The van der Waals surface area contributed by atoms with Crippen molar-refractivity contribution in [3.8, 4) is 0 Å². The Labute approximate surface area is 142 Å². The zero-order chi connectivity index (χ0) is 16.1. The molecule has 0 bridgehead atoms. The van der Waals surface area contributed by atoms with Gasteiger partial charge in [0.1, 0.15) is 0 Å². The van der Waals surface area contributed by atoms with Gasteiger partial charge in [-0.25, -0.2) is 0 Å². The molecule has 2 aliphatic heterocycles. The molecule has 0 radical (unpaired) electrons. The van der Waals surface area contributed by atoms with Gasteiger partial charge in [0.2, 0.25) is 5.91 Å². The van der Waals surface area contributed by atoms with Crippen LogP contribution in [0.5, 0.6) is 0 Å². The second-order valence-electron chi connectivity index (χ2n) is 6.36. The van der Waals surface area contributed by atoms with Gasteiger partial charge in [-0.2, -0.15) is 0 Å². The van der Waals surface area contributed by atoms with Gasteiger partial charge >= 0.3 is 0 Å². The predicted molar refractivity (Wildman–Crippen MR) is 89.3 cm³/mol. The van der Waals surface area contributed by atoms with Crippen molar-refractivity contribution in [1.29, 1.82) is 0 Å². The quantitative estimate of drug-likeness (QED) is 0.799. The van der Waals surface area contributed by atoms with Gasteiger partial charge < -0.3 is 9.64 Å². The maximum atomic E-state index is 12.5. The molecule has 0 unspecified atom stereocenters. The van der Waals surface area contributed by atoms with Crippen LogP contribution in [0.25, 0.3) is 0 Å². The van der Waals surface area contributed by atoms with Crippen LogP contribution < -0.4 is 0 Å². The zero-order valence-corrected chi connectivity index (χ0v) is 14.2. The van der Waals surface area contributed by atoms with Crippen molar-refractivity contribution in [3.05, 3.63) is 29.0 Å². The lowest BCUT2D eigenvalue weighted by molar-refractivity contribution is -0.131. The summed E-state index contributed by atoms with van der Waals surface area (Å²) in [6, 6.07) is 3.77. The number of rotatable bonds is 6. The maximum absolute atomic E-state index is 12.5. The van der Waals surface area contributed by atoms with Gasteiger partial charge in [0.05, 0.1) is 23.4 Å². The first-order chi connectivity index (χ1) is 11.2. The lowest BCUT2D eigenvalue weighted by Gasteiger charge is -2.26. The van der Waals surface area contributed by atoms with Gasteiger partial charge in [-0.3, -0.25) is 14.7 Å². The Balaban J connectivity index is 1.62. The molecule has 2 aliphatic rings. The molecule has 3 heterocycles. The Morgan fingerprint density at radius 2 is 2.17 bits per heavy atom. The Kier molecular flexibility index (Phi) is 5.86. The van der Waals surface area contributed by atoms with Crippen LogP contribution in [0, 0.1) is 0 Å². The summed E-state index contributed by atoms with van der Waals surface area (Å²) >= 11 is 5.90. The lowest BCUT2D eigenvalue weighted by Crippen LogP contribution is -2.41. The van der Waals surface area contributed by atoms with Crippen LogP contribution in [0.15, 0.2) is 18.3 Å². The summed E-state index contributed by atoms with van der Waals surface area (Å²) in [5, 5.41) is 0.632. The van der Waals surface area contributed by atoms with E-state index in [2.05, 4.69) is 9.88 Å². The van der Waals surface area contributed by atoms with E-state index in [-0.39, 0.29) is 12.0 Å². The number of hydrogen-bond acceptors (Lipinski definition) is 4. The smallest absolute Gasteiger partial charge is 0.236 e. The van der Waals surface area contributed by atoms with Crippen LogP contribution in [0.1, 0.15) is 31.4 Å². The highest BCUT2D eigenvalue weighted by Crippen LogP contribution is 2.16. The highest BCUT2D eigenvalue weighted by molar-refractivity contribution is 6.30. The predicted octanol–water partition coefficient (Wildman–Crippen LogP) is 2.34. The largest absolute Gasteiger partial charge is 0.377 e. The highest BCUT2D eigenvalue weighted by atomic mass is 35.5. The Hall–Kier alpha value is -1.17.